The molecule has 1 aromatic rings. The summed E-state index contributed by atoms with van der Waals surface area (Å²) in [6.45, 7) is 2.33. The Labute approximate surface area is 107 Å². The van der Waals surface area contributed by atoms with Crippen molar-refractivity contribution in [3.63, 3.8) is 0 Å². The van der Waals surface area contributed by atoms with E-state index in [1.54, 1.807) is 0 Å². The zero-order chi connectivity index (χ0) is 11.8. The normalized spacial score (nSPS) is 26.2. The van der Waals surface area contributed by atoms with E-state index in [2.05, 4.69) is 41.8 Å². The van der Waals surface area contributed by atoms with Crippen LogP contribution in [-0.4, -0.2) is 5.11 Å². The Balaban J connectivity index is 1.82. The summed E-state index contributed by atoms with van der Waals surface area (Å²) in [5.41, 5.74) is 4.08. The molecule has 1 radical (unpaired) electrons. The number of thiocarbonyl (C=S) groups is 1. The first-order chi connectivity index (χ1) is 8.24. The van der Waals surface area contributed by atoms with Crippen molar-refractivity contribution in [2.24, 2.45) is 5.92 Å². The van der Waals surface area contributed by atoms with Gasteiger partial charge in [-0.3, -0.25) is 0 Å². The van der Waals surface area contributed by atoms with Crippen molar-refractivity contribution in [2.75, 3.05) is 0 Å². The maximum absolute atomic E-state index is 5.01. The van der Waals surface area contributed by atoms with Gasteiger partial charge >= 0.3 is 0 Å². The molecular formula is C14H15N2S. The van der Waals surface area contributed by atoms with Crippen molar-refractivity contribution in [1.82, 2.24) is 10.6 Å². The molecule has 3 heteroatoms. The number of hydrogen-bond donors (Lipinski definition) is 1. The molecule has 0 saturated carbocycles. The van der Waals surface area contributed by atoms with Crippen molar-refractivity contribution < 1.29 is 0 Å². The highest BCUT2D eigenvalue weighted by Gasteiger charge is 2.30. The van der Waals surface area contributed by atoms with Crippen molar-refractivity contribution >= 4 is 17.3 Å². The average molecular weight is 243 g/mol. The van der Waals surface area contributed by atoms with E-state index in [0.717, 1.165) is 12.1 Å². The molecule has 0 saturated heterocycles. The molecule has 87 valence electrons. The molecule has 0 spiro atoms. The Morgan fingerprint density at radius 2 is 2.24 bits per heavy atom. The number of rotatable bonds is 2. The molecule has 1 aliphatic heterocycles. The van der Waals surface area contributed by atoms with Crippen LogP contribution in [0.15, 0.2) is 36.2 Å². The van der Waals surface area contributed by atoms with Crippen LogP contribution in [-0.2, 0) is 6.42 Å². The van der Waals surface area contributed by atoms with Crippen molar-refractivity contribution in [2.45, 2.75) is 25.7 Å². The smallest absolute Gasteiger partial charge is 0.197 e. The molecule has 1 aromatic carbocycles. The summed E-state index contributed by atoms with van der Waals surface area (Å²) >= 11 is 5.01. The van der Waals surface area contributed by atoms with Crippen molar-refractivity contribution in [1.29, 1.82) is 0 Å². The van der Waals surface area contributed by atoms with Gasteiger partial charge in [-0.05, 0) is 48.0 Å². The molecular weight excluding hydrogens is 228 g/mol. The number of allylic oxidation sites excluding steroid dienone is 1. The maximum atomic E-state index is 5.01. The van der Waals surface area contributed by atoms with Gasteiger partial charge in [0.25, 0.3) is 0 Å². The monoisotopic (exact) mass is 243 g/mol. The van der Waals surface area contributed by atoms with E-state index >= 15 is 0 Å². The van der Waals surface area contributed by atoms with E-state index in [4.69, 9.17) is 12.2 Å². The summed E-state index contributed by atoms with van der Waals surface area (Å²) in [4.78, 5) is 0. The van der Waals surface area contributed by atoms with E-state index in [1.807, 2.05) is 6.20 Å². The third-order valence-corrected chi connectivity index (χ3v) is 3.93. The zero-order valence-electron chi connectivity index (χ0n) is 9.81. The maximum Gasteiger partial charge on any atom is 0.197 e. The largest absolute Gasteiger partial charge is 0.336 e. The summed E-state index contributed by atoms with van der Waals surface area (Å²) in [5, 5.41) is 7.92. The van der Waals surface area contributed by atoms with E-state index in [-0.39, 0.29) is 0 Å². The second kappa shape index (κ2) is 4.15. The molecule has 17 heavy (non-hydrogen) atoms. The standard InChI is InChI=1S/C14H15N2S/c1-9-6-10-4-2-3-5-12(10)13(9)7-11-8-15-14(17)16-11/h2-5,8-9,13H,6-7H2,1H3,(H,15,17). The van der Waals surface area contributed by atoms with Crippen LogP contribution in [0.5, 0.6) is 0 Å². The first-order valence-electron chi connectivity index (χ1n) is 6.03. The summed E-state index contributed by atoms with van der Waals surface area (Å²) in [6.07, 6.45) is 4.12. The molecule has 3 rings (SSSR count). The molecule has 1 aliphatic carbocycles. The molecule has 2 aliphatic rings. The fourth-order valence-electron chi connectivity index (χ4n) is 2.86. The first-order valence-corrected chi connectivity index (χ1v) is 6.44. The van der Waals surface area contributed by atoms with E-state index in [1.165, 1.54) is 17.5 Å². The second-order valence-electron chi connectivity index (χ2n) is 4.89. The highest BCUT2D eigenvalue weighted by Crippen LogP contribution is 2.41. The third-order valence-electron chi connectivity index (χ3n) is 3.72. The van der Waals surface area contributed by atoms with Crippen LogP contribution < -0.4 is 10.6 Å². The number of hydrogen-bond acceptors (Lipinski definition) is 1. The second-order valence-corrected chi connectivity index (χ2v) is 5.27. The number of fused-ring (bicyclic) bond motifs is 1. The Kier molecular flexibility index (Phi) is 2.63. The van der Waals surface area contributed by atoms with Crippen LogP contribution in [0.25, 0.3) is 0 Å². The van der Waals surface area contributed by atoms with E-state index < -0.39 is 0 Å². The Morgan fingerprint density at radius 3 is 3.00 bits per heavy atom. The fraction of sp³-hybridized carbons (Fsp3) is 0.357. The Morgan fingerprint density at radius 1 is 1.41 bits per heavy atom. The minimum Gasteiger partial charge on any atom is -0.336 e. The molecule has 0 amide bonds. The third kappa shape index (κ3) is 1.95. The summed E-state index contributed by atoms with van der Waals surface area (Å²) in [5.74, 6) is 1.28. The Hall–Kier alpha value is -1.35. The molecule has 1 heterocycles. The summed E-state index contributed by atoms with van der Waals surface area (Å²) < 4.78 is 0. The van der Waals surface area contributed by atoms with Crippen molar-refractivity contribution in [3.8, 4) is 0 Å². The molecule has 2 nitrogen and oxygen atoms in total. The van der Waals surface area contributed by atoms with Gasteiger partial charge in [-0.2, -0.15) is 0 Å². The van der Waals surface area contributed by atoms with Crippen LogP contribution in [0.4, 0.5) is 0 Å². The van der Waals surface area contributed by atoms with Crippen molar-refractivity contribution in [3.05, 3.63) is 47.3 Å². The fourth-order valence-corrected chi connectivity index (χ4v) is 3.03. The first kappa shape index (κ1) is 10.8. The molecule has 2 atom stereocenters. The van der Waals surface area contributed by atoms with Crippen LogP contribution in [0.1, 0.15) is 30.4 Å². The average Bonchev–Trinajstić information content (AvgIpc) is 2.85. The lowest BCUT2D eigenvalue weighted by Gasteiger charge is -2.16. The lowest BCUT2D eigenvalue weighted by Crippen LogP contribution is -2.16. The van der Waals surface area contributed by atoms with Gasteiger partial charge in [0.15, 0.2) is 5.11 Å². The topological polar surface area (TPSA) is 26.1 Å². The van der Waals surface area contributed by atoms with Gasteiger partial charge in [0.05, 0.1) is 5.70 Å². The van der Waals surface area contributed by atoms with Crippen LogP contribution in [0.2, 0.25) is 0 Å². The lowest BCUT2D eigenvalue weighted by atomic mass is 9.90. The molecule has 0 fully saturated rings. The van der Waals surface area contributed by atoms with Gasteiger partial charge in [0, 0.05) is 6.20 Å². The van der Waals surface area contributed by atoms with Gasteiger partial charge in [0.1, 0.15) is 0 Å². The minimum absolute atomic E-state index is 0.587. The van der Waals surface area contributed by atoms with Crippen LogP contribution in [0, 0.1) is 5.92 Å². The molecule has 0 bridgehead atoms. The van der Waals surface area contributed by atoms with Crippen LogP contribution in [0.3, 0.4) is 0 Å². The molecule has 2 unspecified atom stereocenters. The number of nitrogens with one attached hydrogen (secondary N) is 1. The Bertz CT molecular complexity index is 493. The predicted octanol–water partition coefficient (Wildman–Crippen LogP) is 2.69. The van der Waals surface area contributed by atoms with Gasteiger partial charge in [-0.15, -0.1) is 0 Å². The summed E-state index contributed by atoms with van der Waals surface area (Å²) in [6, 6.07) is 8.76. The van der Waals surface area contributed by atoms with E-state index in [9.17, 15) is 0 Å². The summed E-state index contributed by atoms with van der Waals surface area (Å²) in [7, 11) is 0. The van der Waals surface area contributed by atoms with Gasteiger partial charge in [-0.1, -0.05) is 31.2 Å². The van der Waals surface area contributed by atoms with Gasteiger partial charge in [-0.25, -0.2) is 5.32 Å². The van der Waals surface area contributed by atoms with E-state index in [0.29, 0.717) is 16.9 Å². The highest BCUT2D eigenvalue weighted by atomic mass is 32.1. The SMILES string of the molecule is CC1Cc2ccccc2C1CC1=CNC(=S)[N]1. The number of benzene rings is 1. The zero-order valence-corrected chi connectivity index (χ0v) is 10.6. The van der Waals surface area contributed by atoms with Gasteiger partial charge < -0.3 is 5.32 Å². The number of nitrogens with zero attached hydrogens (tertiary/aromatic N) is 1. The highest BCUT2D eigenvalue weighted by molar-refractivity contribution is 7.80. The van der Waals surface area contributed by atoms with Gasteiger partial charge in [0.2, 0.25) is 0 Å². The van der Waals surface area contributed by atoms with Crippen LogP contribution >= 0.6 is 12.2 Å². The molecule has 0 aromatic heterocycles. The predicted molar refractivity (Wildman–Crippen MR) is 72.6 cm³/mol. The lowest BCUT2D eigenvalue weighted by molar-refractivity contribution is 0.490. The minimum atomic E-state index is 0.587. The molecule has 1 N–H and O–H groups in total. The quantitative estimate of drug-likeness (QED) is 0.808.